The zero-order chi connectivity index (χ0) is 38.2. The van der Waals surface area contributed by atoms with Gasteiger partial charge in [-0.05, 0) is 80.2 Å². The molecule has 0 atom stereocenters. The SMILES string of the molecule is c1ccc(-c2ccc(-c3ccc4c(c3)oc3cccc(-c5nc(-c6ccc7ccc8ccccc8c7c6)nc(-c6cccc7oc8ccccc8c67)n5)c34)cc2)cc1. The summed E-state index contributed by atoms with van der Waals surface area (Å²) in [5.74, 6) is 1.73. The van der Waals surface area contributed by atoms with Crippen LogP contribution in [0.3, 0.4) is 0 Å². The van der Waals surface area contributed by atoms with Gasteiger partial charge in [0.05, 0.1) is 0 Å². The maximum absolute atomic E-state index is 6.60. The second-order valence-corrected chi connectivity index (χ2v) is 14.7. The Hall–Kier alpha value is -7.89. The van der Waals surface area contributed by atoms with Crippen molar-refractivity contribution >= 4 is 65.4 Å². The summed E-state index contributed by atoms with van der Waals surface area (Å²) >= 11 is 0. The molecule has 3 heterocycles. The maximum atomic E-state index is 6.60. The largest absolute Gasteiger partial charge is 0.456 e. The van der Waals surface area contributed by atoms with Gasteiger partial charge in [-0.25, -0.2) is 15.0 Å². The zero-order valence-electron chi connectivity index (χ0n) is 31.1. The molecule has 12 rings (SSSR count). The van der Waals surface area contributed by atoms with E-state index in [1.807, 2.05) is 48.5 Å². The molecule has 0 bridgehead atoms. The standard InChI is InChI=1S/C53H31N3O2/c1-2-10-32(11-3-1)33-20-22-34(23-21-33)37-28-29-41-48(31-37)58-47-19-9-16-43(50(41)47)53-55-51(38-27-26-36-25-24-35-12-4-5-13-39(35)44(36)30-38)54-52(56-53)42-15-8-18-46-49(42)40-14-6-7-17-45(40)57-46/h1-31H. The van der Waals surface area contributed by atoms with Gasteiger partial charge in [-0.1, -0.05) is 152 Å². The molecule has 270 valence electrons. The van der Waals surface area contributed by atoms with Crippen molar-refractivity contribution in [1.82, 2.24) is 15.0 Å². The quantitative estimate of drug-likeness (QED) is 0.164. The van der Waals surface area contributed by atoms with Crippen LogP contribution in [0.4, 0.5) is 0 Å². The number of hydrogen-bond acceptors (Lipinski definition) is 5. The summed E-state index contributed by atoms with van der Waals surface area (Å²) in [5.41, 5.74) is 10.4. The highest BCUT2D eigenvalue weighted by Gasteiger charge is 2.21. The lowest BCUT2D eigenvalue weighted by Gasteiger charge is -2.11. The Morgan fingerprint density at radius 1 is 0.276 bits per heavy atom. The van der Waals surface area contributed by atoms with Crippen molar-refractivity contribution in [3.05, 3.63) is 188 Å². The first-order valence-corrected chi connectivity index (χ1v) is 19.4. The Morgan fingerprint density at radius 3 is 1.52 bits per heavy atom. The normalized spacial score (nSPS) is 11.8. The van der Waals surface area contributed by atoms with Gasteiger partial charge >= 0.3 is 0 Å². The van der Waals surface area contributed by atoms with E-state index in [0.29, 0.717) is 17.5 Å². The van der Waals surface area contributed by atoms with Crippen LogP contribution < -0.4 is 0 Å². The Kier molecular flexibility index (Phi) is 7.16. The maximum Gasteiger partial charge on any atom is 0.164 e. The average molecular weight is 742 g/mol. The molecule has 58 heavy (non-hydrogen) atoms. The van der Waals surface area contributed by atoms with Crippen molar-refractivity contribution < 1.29 is 8.83 Å². The van der Waals surface area contributed by atoms with Crippen molar-refractivity contribution in [2.75, 3.05) is 0 Å². The molecule has 5 nitrogen and oxygen atoms in total. The highest BCUT2D eigenvalue weighted by atomic mass is 16.3. The smallest absolute Gasteiger partial charge is 0.164 e. The molecule has 9 aromatic carbocycles. The number of hydrogen-bond donors (Lipinski definition) is 0. The lowest BCUT2D eigenvalue weighted by Crippen LogP contribution is -2.01. The van der Waals surface area contributed by atoms with Gasteiger partial charge in [-0.15, -0.1) is 0 Å². The fourth-order valence-corrected chi connectivity index (χ4v) is 8.53. The summed E-state index contributed by atoms with van der Waals surface area (Å²) in [6.07, 6.45) is 0. The third-order valence-corrected chi connectivity index (χ3v) is 11.3. The fraction of sp³-hybridized carbons (Fsp3) is 0. The van der Waals surface area contributed by atoms with Gasteiger partial charge in [0, 0.05) is 38.2 Å². The molecule has 0 aliphatic rings. The topological polar surface area (TPSA) is 65.0 Å². The summed E-state index contributed by atoms with van der Waals surface area (Å²) in [6.45, 7) is 0. The Labute approximate surface area is 332 Å². The van der Waals surface area contributed by atoms with E-state index in [1.165, 1.54) is 21.9 Å². The third kappa shape index (κ3) is 5.21. The minimum absolute atomic E-state index is 0.566. The number of furan rings is 2. The van der Waals surface area contributed by atoms with Crippen LogP contribution >= 0.6 is 0 Å². The minimum atomic E-state index is 0.566. The van der Waals surface area contributed by atoms with Crippen molar-refractivity contribution in [2.24, 2.45) is 0 Å². The third-order valence-electron chi connectivity index (χ3n) is 11.3. The number of benzene rings is 9. The van der Waals surface area contributed by atoms with Crippen LogP contribution in [0.15, 0.2) is 197 Å². The molecule has 12 aromatic rings. The van der Waals surface area contributed by atoms with Gasteiger partial charge in [-0.2, -0.15) is 0 Å². The van der Waals surface area contributed by atoms with E-state index < -0.39 is 0 Å². The van der Waals surface area contributed by atoms with Gasteiger partial charge in [0.15, 0.2) is 17.5 Å². The molecular weight excluding hydrogens is 711 g/mol. The van der Waals surface area contributed by atoms with Crippen LogP contribution in [0, 0.1) is 0 Å². The van der Waals surface area contributed by atoms with E-state index in [2.05, 4.69) is 140 Å². The first-order valence-electron chi connectivity index (χ1n) is 19.4. The number of aromatic nitrogens is 3. The minimum Gasteiger partial charge on any atom is -0.456 e. The van der Waals surface area contributed by atoms with E-state index in [9.17, 15) is 0 Å². The molecule has 0 fully saturated rings. The van der Waals surface area contributed by atoms with E-state index in [0.717, 1.165) is 82.5 Å². The highest BCUT2D eigenvalue weighted by Crippen LogP contribution is 2.41. The molecule has 5 heteroatoms. The lowest BCUT2D eigenvalue weighted by molar-refractivity contribution is 0.668. The van der Waals surface area contributed by atoms with Gasteiger partial charge in [0.1, 0.15) is 22.3 Å². The Bertz CT molecular complexity index is 3570. The van der Waals surface area contributed by atoms with E-state index >= 15 is 0 Å². The molecule has 0 amide bonds. The molecule has 0 N–H and O–H groups in total. The van der Waals surface area contributed by atoms with Crippen molar-refractivity contribution in [2.45, 2.75) is 0 Å². The van der Waals surface area contributed by atoms with Gasteiger partial charge in [0.2, 0.25) is 0 Å². The summed E-state index contributed by atoms with van der Waals surface area (Å²) in [7, 11) is 0. The van der Waals surface area contributed by atoms with Gasteiger partial charge < -0.3 is 8.83 Å². The van der Waals surface area contributed by atoms with Crippen LogP contribution in [-0.2, 0) is 0 Å². The predicted octanol–water partition coefficient (Wildman–Crippen LogP) is 14.3. The first kappa shape index (κ1) is 32.4. The van der Waals surface area contributed by atoms with E-state index in [4.69, 9.17) is 23.8 Å². The second-order valence-electron chi connectivity index (χ2n) is 14.7. The highest BCUT2D eigenvalue weighted by molar-refractivity contribution is 6.14. The number of rotatable bonds is 5. The van der Waals surface area contributed by atoms with Crippen molar-refractivity contribution in [3.8, 4) is 56.4 Å². The zero-order valence-corrected chi connectivity index (χ0v) is 31.1. The molecule has 0 spiro atoms. The van der Waals surface area contributed by atoms with Crippen LogP contribution in [0.2, 0.25) is 0 Å². The van der Waals surface area contributed by atoms with Crippen molar-refractivity contribution in [1.29, 1.82) is 0 Å². The Balaban J connectivity index is 1.05. The fourth-order valence-electron chi connectivity index (χ4n) is 8.53. The monoisotopic (exact) mass is 741 g/mol. The summed E-state index contributed by atoms with van der Waals surface area (Å²) in [6, 6.07) is 65.2. The molecule has 0 saturated carbocycles. The lowest BCUT2D eigenvalue weighted by atomic mass is 9.98. The van der Waals surface area contributed by atoms with Crippen LogP contribution in [0.25, 0.3) is 122 Å². The predicted molar refractivity (Wildman–Crippen MR) is 237 cm³/mol. The van der Waals surface area contributed by atoms with Gasteiger partial charge in [0.25, 0.3) is 0 Å². The summed E-state index contributed by atoms with van der Waals surface area (Å²) in [5, 5.41) is 8.63. The summed E-state index contributed by atoms with van der Waals surface area (Å²) in [4.78, 5) is 15.8. The number of fused-ring (bicyclic) bond motifs is 9. The molecule has 0 radical (unpaired) electrons. The molecule has 0 unspecified atom stereocenters. The summed E-state index contributed by atoms with van der Waals surface area (Å²) < 4.78 is 12.9. The molecular formula is C53H31N3O2. The van der Waals surface area contributed by atoms with Crippen LogP contribution in [0.5, 0.6) is 0 Å². The van der Waals surface area contributed by atoms with Crippen LogP contribution in [0.1, 0.15) is 0 Å². The molecule has 0 aliphatic carbocycles. The second kappa shape index (κ2) is 12.8. The average Bonchev–Trinajstić information content (AvgIpc) is 3.87. The molecule has 0 aliphatic heterocycles. The van der Waals surface area contributed by atoms with E-state index in [-0.39, 0.29) is 0 Å². The van der Waals surface area contributed by atoms with E-state index in [1.54, 1.807) is 0 Å². The first-order chi connectivity index (χ1) is 28.7. The van der Waals surface area contributed by atoms with Crippen molar-refractivity contribution in [3.63, 3.8) is 0 Å². The number of para-hydroxylation sites is 1. The molecule has 3 aromatic heterocycles. The number of nitrogens with zero attached hydrogens (tertiary/aromatic N) is 3. The van der Waals surface area contributed by atoms with Crippen LogP contribution in [-0.4, -0.2) is 15.0 Å². The molecule has 0 saturated heterocycles. The Morgan fingerprint density at radius 2 is 0.776 bits per heavy atom. The van der Waals surface area contributed by atoms with Gasteiger partial charge in [-0.3, -0.25) is 0 Å².